The first-order valence-corrected chi connectivity index (χ1v) is 5.00. The molecule has 0 aliphatic carbocycles. The van der Waals surface area contributed by atoms with E-state index in [0.29, 0.717) is 0 Å². The topological polar surface area (TPSA) is 136 Å². The number of aliphatic carboxylic acids is 1. The molecular formula is C9H15NO7. The van der Waals surface area contributed by atoms with Crippen LogP contribution in [0, 0.1) is 0 Å². The van der Waals surface area contributed by atoms with Crippen molar-refractivity contribution in [3.63, 3.8) is 0 Å². The Bertz CT molecular complexity index is 308. The van der Waals surface area contributed by atoms with Crippen LogP contribution in [0.1, 0.15) is 6.92 Å². The molecule has 17 heavy (non-hydrogen) atoms. The number of hydrogen-bond acceptors (Lipinski definition) is 6. The van der Waals surface area contributed by atoms with Crippen molar-refractivity contribution < 1.29 is 34.8 Å². The van der Waals surface area contributed by atoms with Crippen LogP contribution in [0.15, 0.2) is 0 Å². The first kappa shape index (κ1) is 13.8. The molecule has 0 aromatic rings. The van der Waals surface area contributed by atoms with Gasteiger partial charge in [0.05, 0.1) is 12.6 Å². The fourth-order valence-corrected chi connectivity index (χ4v) is 1.72. The van der Waals surface area contributed by atoms with Gasteiger partial charge in [-0.1, -0.05) is 0 Å². The first-order valence-electron chi connectivity index (χ1n) is 5.00. The fourth-order valence-electron chi connectivity index (χ4n) is 1.72. The molecule has 1 heterocycles. The summed E-state index contributed by atoms with van der Waals surface area (Å²) in [4.78, 5) is 21.8. The van der Waals surface area contributed by atoms with Gasteiger partial charge in [0.1, 0.15) is 18.3 Å². The third-order valence-electron chi connectivity index (χ3n) is 2.54. The lowest BCUT2D eigenvalue weighted by atomic mass is 9.92. The van der Waals surface area contributed by atoms with Crippen molar-refractivity contribution in [2.75, 3.05) is 6.61 Å². The molecule has 1 aliphatic rings. The number of rotatable bonds is 3. The molecule has 0 saturated carbocycles. The highest BCUT2D eigenvalue weighted by molar-refractivity contribution is 5.77. The Morgan fingerprint density at radius 3 is 2.29 bits per heavy atom. The molecule has 5 N–H and O–H groups in total. The average Bonchev–Trinajstić information content (AvgIpc) is 2.24. The maximum Gasteiger partial charge on any atom is 0.335 e. The van der Waals surface area contributed by atoms with E-state index in [4.69, 9.17) is 14.9 Å². The molecule has 1 fully saturated rings. The van der Waals surface area contributed by atoms with E-state index in [1.165, 1.54) is 0 Å². The zero-order valence-electron chi connectivity index (χ0n) is 9.11. The Labute approximate surface area is 96.8 Å². The lowest BCUT2D eigenvalue weighted by Crippen LogP contribution is -2.65. The highest BCUT2D eigenvalue weighted by Gasteiger charge is 2.47. The summed E-state index contributed by atoms with van der Waals surface area (Å²) in [6.45, 7) is 0.519. The van der Waals surface area contributed by atoms with E-state index in [-0.39, 0.29) is 0 Å². The maximum absolute atomic E-state index is 10.9. The molecule has 1 rings (SSSR count). The largest absolute Gasteiger partial charge is 0.479 e. The second-order valence-electron chi connectivity index (χ2n) is 3.82. The number of ether oxygens (including phenoxy) is 1. The van der Waals surface area contributed by atoms with E-state index >= 15 is 0 Å². The summed E-state index contributed by atoms with van der Waals surface area (Å²) >= 11 is 0. The van der Waals surface area contributed by atoms with Gasteiger partial charge in [0.2, 0.25) is 5.91 Å². The minimum atomic E-state index is -1.52. The number of carbonyl (C=O) groups excluding carboxylic acids is 1. The van der Waals surface area contributed by atoms with Crippen molar-refractivity contribution in [3.05, 3.63) is 0 Å². The van der Waals surface area contributed by atoms with E-state index in [9.17, 15) is 19.8 Å². The predicted molar refractivity (Wildman–Crippen MR) is 53.0 cm³/mol. The Morgan fingerprint density at radius 1 is 1.29 bits per heavy atom. The first-order chi connectivity index (χ1) is 7.88. The van der Waals surface area contributed by atoms with Crippen LogP contribution in [0.4, 0.5) is 0 Å². The van der Waals surface area contributed by atoms with Crippen LogP contribution >= 0.6 is 0 Å². The number of hydrogen-bond donors (Lipinski definition) is 5. The lowest BCUT2D eigenvalue weighted by molar-refractivity contribution is -0.206. The van der Waals surface area contributed by atoms with Crippen molar-refractivity contribution in [2.24, 2.45) is 0 Å². The Kier molecular flexibility index (Phi) is 4.40. The number of carboxylic acids is 1. The van der Waals surface area contributed by atoms with Crippen molar-refractivity contribution in [2.45, 2.75) is 37.4 Å². The van der Waals surface area contributed by atoms with Crippen LogP contribution in [0.25, 0.3) is 0 Å². The molecule has 1 aliphatic heterocycles. The van der Waals surface area contributed by atoms with Crippen molar-refractivity contribution >= 4 is 11.9 Å². The van der Waals surface area contributed by atoms with E-state index in [1.54, 1.807) is 0 Å². The van der Waals surface area contributed by atoms with Gasteiger partial charge in [-0.2, -0.15) is 0 Å². The molecule has 98 valence electrons. The van der Waals surface area contributed by atoms with Gasteiger partial charge in [0, 0.05) is 6.92 Å². The number of aliphatic hydroxyl groups excluding tert-OH is 3. The molecule has 0 bridgehead atoms. The number of carboxylic acid groups (broad SMARTS) is 1. The van der Waals surface area contributed by atoms with Crippen LogP contribution in [0.3, 0.4) is 0 Å². The van der Waals surface area contributed by atoms with Crippen LogP contribution in [0.2, 0.25) is 0 Å². The van der Waals surface area contributed by atoms with Crippen LogP contribution in [0.5, 0.6) is 0 Å². The van der Waals surface area contributed by atoms with Gasteiger partial charge in [-0.3, -0.25) is 4.79 Å². The van der Waals surface area contributed by atoms with E-state index in [0.717, 1.165) is 6.92 Å². The molecular weight excluding hydrogens is 234 g/mol. The third kappa shape index (κ3) is 2.91. The van der Waals surface area contributed by atoms with Gasteiger partial charge in [0.15, 0.2) is 6.10 Å². The molecule has 0 aromatic heterocycles. The van der Waals surface area contributed by atoms with Gasteiger partial charge < -0.3 is 30.5 Å². The Morgan fingerprint density at radius 2 is 1.88 bits per heavy atom. The summed E-state index contributed by atoms with van der Waals surface area (Å²) in [6, 6.07) is -1.26. The van der Waals surface area contributed by atoms with Crippen LogP contribution < -0.4 is 5.32 Å². The Hall–Kier alpha value is -1.22. The summed E-state index contributed by atoms with van der Waals surface area (Å²) in [5.41, 5.74) is 0. The van der Waals surface area contributed by atoms with Crippen molar-refractivity contribution in [3.8, 4) is 0 Å². The minimum absolute atomic E-state index is 0.557. The summed E-state index contributed by atoms with van der Waals surface area (Å²) in [7, 11) is 0. The Balaban J connectivity index is 2.90. The summed E-state index contributed by atoms with van der Waals surface area (Å²) in [5, 5.41) is 39.2. The molecule has 1 saturated heterocycles. The summed E-state index contributed by atoms with van der Waals surface area (Å²) in [5.74, 6) is -1.95. The smallest absolute Gasteiger partial charge is 0.335 e. The average molecular weight is 249 g/mol. The van der Waals surface area contributed by atoms with E-state index < -0.39 is 48.9 Å². The number of aliphatic hydroxyl groups is 3. The minimum Gasteiger partial charge on any atom is -0.479 e. The second-order valence-corrected chi connectivity index (χ2v) is 3.82. The van der Waals surface area contributed by atoms with Crippen LogP contribution in [-0.2, 0) is 14.3 Å². The number of nitrogens with one attached hydrogen (secondary N) is 1. The van der Waals surface area contributed by atoms with Gasteiger partial charge >= 0.3 is 5.97 Å². The molecule has 8 nitrogen and oxygen atoms in total. The molecule has 1 amide bonds. The standard InChI is InChI=1S/C9H15NO7/c1-3(12)10-5-7(14)6(13)4(2-11)17-8(5)9(15)16/h4-8,11,13-14H,2H2,1H3,(H,10,12)(H,15,16)/t4-,5-,6-,7-,8?/m1/s1. The highest BCUT2D eigenvalue weighted by atomic mass is 16.5. The molecule has 0 spiro atoms. The van der Waals surface area contributed by atoms with E-state index in [2.05, 4.69) is 5.32 Å². The molecule has 5 atom stereocenters. The summed E-state index contributed by atoms with van der Waals surface area (Å²) < 4.78 is 4.92. The molecule has 0 aromatic carbocycles. The van der Waals surface area contributed by atoms with Crippen LogP contribution in [-0.4, -0.2) is 69.4 Å². The zero-order chi connectivity index (χ0) is 13.2. The predicted octanol–water partition coefficient (Wildman–Crippen LogP) is -2.94. The normalized spacial score (nSPS) is 37.5. The molecule has 0 radical (unpaired) electrons. The zero-order valence-corrected chi connectivity index (χ0v) is 9.11. The molecule has 1 unspecified atom stereocenters. The summed E-state index contributed by atoms with van der Waals surface area (Å²) in [6.07, 6.45) is -5.70. The maximum atomic E-state index is 10.9. The second kappa shape index (κ2) is 5.41. The molecule has 8 heteroatoms. The third-order valence-corrected chi connectivity index (χ3v) is 2.54. The van der Waals surface area contributed by atoms with Gasteiger partial charge in [-0.05, 0) is 0 Å². The monoisotopic (exact) mass is 249 g/mol. The lowest BCUT2D eigenvalue weighted by Gasteiger charge is -2.40. The fraction of sp³-hybridized carbons (Fsp3) is 0.778. The number of carbonyl (C=O) groups is 2. The van der Waals surface area contributed by atoms with Gasteiger partial charge in [0.25, 0.3) is 0 Å². The SMILES string of the molecule is CC(=O)N[C@H]1C(C(=O)O)O[C@H](CO)[C@@H](O)[C@@H]1O. The van der Waals surface area contributed by atoms with Gasteiger partial charge in [-0.25, -0.2) is 4.79 Å². The quantitative estimate of drug-likeness (QED) is 0.361. The van der Waals surface area contributed by atoms with Crippen molar-refractivity contribution in [1.29, 1.82) is 0 Å². The van der Waals surface area contributed by atoms with Gasteiger partial charge in [-0.15, -0.1) is 0 Å². The highest BCUT2D eigenvalue weighted by Crippen LogP contribution is 2.21. The number of amides is 1. The van der Waals surface area contributed by atoms with Crippen molar-refractivity contribution in [1.82, 2.24) is 5.32 Å². The van der Waals surface area contributed by atoms with E-state index in [1.807, 2.05) is 0 Å².